The number of amides is 2. The van der Waals surface area contributed by atoms with Crippen LogP contribution in [0.25, 0.3) is 0 Å². The van der Waals surface area contributed by atoms with Gasteiger partial charge < -0.3 is 20.5 Å². The van der Waals surface area contributed by atoms with Gasteiger partial charge in [-0.05, 0) is 69.0 Å². The van der Waals surface area contributed by atoms with E-state index in [0.717, 1.165) is 22.4 Å². The van der Waals surface area contributed by atoms with Crippen molar-refractivity contribution in [3.05, 3.63) is 57.6 Å². The lowest BCUT2D eigenvalue weighted by Gasteiger charge is -2.14. The van der Waals surface area contributed by atoms with Gasteiger partial charge in [0.2, 0.25) is 5.91 Å². The molecule has 0 radical (unpaired) electrons. The van der Waals surface area contributed by atoms with Crippen molar-refractivity contribution in [3.63, 3.8) is 0 Å². The summed E-state index contributed by atoms with van der Waals surface area (Å²) in [5, 5.41) is 14.2. The van der Waals surface area contributed by atoms with Gasteiger partial charge in [0.15, 0.2) is 6.61 Å². The van der Waals surface area contributed by atoms with Gasteiger partial charge in [0.25, 0.3) is 5.91 Å². The first-order chi connectivity index (χ1) is 13.6. The Labute approximate surface area is 170 Å². The molecule has 2 amide bonds. The van der Waals surface area contributed by atoms with Crippen molar-refractivity contribution in [1.29, 1.82) is 0 Å². The average molecular weight is 398 g/mol. The molecule has 0 unspecified atom stereocenters. The number of nitrogens with one attached hydrogen (secondary N) is 2. The molecule has 7 nitrogen and oxygen atoms in total. The number of ether oxygens (including phenoxy) is 1. The molecule has 2 aromatic carbocycles. The van der Waals surface area contributed by atoms with Crippen LogP contribution in [0.1, 0.15) is 38.2 Å². The van der Waals surface area contributed by atoms with Gasteiger partial charge in [0.1, 0.15) is 5.75 Å². The molecule has 0 spiro atoms. The highest BCUT2D eigenvalue weighted by atomic mass is 16.5. The van der Waals surface area contributed by atoms with Crippen molar-refractivity contribution in [3.8, 4) is 5.75 Å². The minimum Gasteiger partial charge on any atom is -0.481 e. The van der Waals surface area contributed by atoms with Crippen LogP contribution < -0.4 is 15.4 Å². The maximum absolute atomic E-state index is 12.4. The van der Waals surface area contributed by atoms with E-state index in [4.69, 9.17) is 9.84 Å². The Hall–Kier alpha value is -3.35. The molecule has 7 heteroatoms. The molecule has 0 aliphatic carbocycles. The summed E-state index contributed by atoms with van der Waals surface area (Å²) in [7, 11) is 0. The van der Waals surface area contributed by atoms with E-state index in [2.05, 4.69) is 10.6 Å². The molecule has 2 aromatic rings. The Bertz CT molecular complexity index is 920. The van der Waals surface area contributed by atoms with Gasteiger partial charge in [-0.3, -0.25) is 9.59 Å². The van der Waals surface area contributed by atoms with Crippen LogP contribution in [0.15, 0.2) is 24.3 Å². The van der Waals surface area contributed by atoms with Crippen molar-refractivity contribution in [2.24, 2.45) is 0 Å². The van der Waals surface area contributed by atoms with Gasteiger partial charge in [-0.15, -0.1) is 0 Å². The van der Waals surface area contributed by atoms with Crippen LogP contribution in [0, 0.1) is 34.6 Å². The smallest absolute Gasteiger partial charge is 0.341 e. The summed E-state index contributed by atoms with van der Waals surface area (Å²) in [6.07, 6.45) is 0. The molecule has 29 heavy (non-hydrogen) atoms. The SMILES string of the molecule is Cc1cc(C)c(NC(=O)CNC(=O)c2cc(C)c(OCC(=O)O)c(C)c2)c(C)c1. The Morgan fingerprint density at radius 1 is 0.897 bits per heavy atom. The summed E-state index contributed by atoms with van der Waals surface area (Å²) < 4.78 is 5.26. The van der Waals surface area contributed by atoms with Crippen molar-refractivity contribution in [2.45, 2.75) is 34.6 Å². The maximum Gasteiger partial charge on any atom is 0.341 e. The third kappa shape index (κ3) is 5.81. The summed E-state index contributed by atoms with van der Waals surface area (Å²) in [5.41, 5.74) is 5.46. The Balaban J connectivity index is 2.02. The van der Waals surface area contributed by atoms with E-state index in [-0.39, 0.29) is 12.5 Å². The lowest BCUT2D eigenvalue weighted by molar-refractivity contribution is -0.139. The predicted molar refractivity (Wildman–Crippen MR) is 111 cm³/mol. The van der Waals surface area contributed by atoms with Crippen molar-refractivity contribution in [2.75, 3.05) is 18.5 Å². The highest BCUT2D eigenvalue weighted by molar-refractivity contribution is 6.00. The van der Waals surface area contributed by atoms with Crippen LogP contribution in [0.3, 0.4) is 0 Å². The Morgan fingerprint density at radius 3 is 1.97 bits per heavy atom. The highest BCUT2D eigenvalue weighted by Gasteiger charge is 2.14. The number of carboxylic acid groups (broad SMARTS) is 1. The molecule has 0 aliphatic heterocycles. The van der Waals surface area contributed by atoms with E-state index in [1.807, 2.05) is 32.9 Å². The zero-order valence-electron chi connectivity index (χ0n) is 17.3. The van der Waals surface area contributed by atoms with Crippen LogP contribution >= 0.6 is 0 Å². The van der Waals surface area contributed by atoms with Gasteiger partial charge in [0, 0.05) is 11.3 Å². The molecule has 0 saturated heterocycles. The Morgan fingerprint density at radius 2 is 1.45 bits per heavy atom. The summed E-state index contributed by atoms with van der Waals surface area (Å²) >= 11 is 0. The van der Waals surface area contributed by atoms with Crippen LogP contribution in [0.4, 0.5) is 5.69 Å². The fourth-order valence-corrected chi connectivity index (χ4v) is 3.27. The molecule has 0 saturated carbocycles. The molecule has 0 atom stereocenters. The number of benzene rings is 2. The van der Waals surface area contributed by atoms with Gasteiger partial charge in [-0.1, -0.05) is 17.7 Å². The first-order valence-corrected chi connectivity index (χ1v) is 9.20. The zero-order valence-corrected chi connectivity index (χ0v) is 17.3. The largest absolute Gasteiger partial charge is 0.481 e. The van der Waals surface area contributed by atoms with Crippen molar-refractivity contribution >= 4 is 23.5 Å². The topological polar surface area (TPSA) is 105 Å². The summed E-state index contributed by atoms with van der Waals surface area (Å²) in [6, 6.07) is 7.18. The molecule has 0 aromatic heterocycles. The van der Waals surface area contributed by atoms with E-state index in [0.29, 0.717) is 22.4 Å². The van der Waals surface area contributed by atoms with Crippen LogP contribution in [0.2, 0.25) is 0 Å². The second kappa shape index (κ2) is 9.23. The van der Waals surface area contributed by atoms with Gasteiger partial charge in [-0.25, -0.2) is 4.79 Å². The first kappa shape index (κ1) is 21.9. The van der Waals surface area contributed by atoms with E-state index < -0.39 is 18.5 Å². The van der Waals surface area contributed by atoms with Crippen LogP contribution in [-0.4, -0.2) is 36.0 Å². The minimum absolute atomic E-state index is 0.166. The number of hydrogen-bond donors (Lipinski definition) is 3. The number of aliphatic carboxylic acids is 1. The molecule has 0 heterocycles. The number of anilines is 1. The normalized spacial score (nSPS) is 10.4. The van der Waals surface area contributed by atoms with Crippen molar-refractivity contribution in [1.82, 2.24) is 5.32 Å². The molecule has 154 valence electrons. The minimum atomic E-state index is -1.07. The quantitative estimate of drug-likeness (QED) is 0.665. The van der Waals surface area contributed by atoms with Crippen molar-refractivity contribution < 1.29 is 24.2 Å². The van der Waals surface area contributed by atoms with E-state index in [1.165, 1.54) is 0 Å². The summed E-state index contributed by atoms with van der Waals surface area (Å²) in [4.78, 5) is 35.4. The lowest BCUT2D eigenvalue weighted by atomic mass is 10.0. The van der Waals surface area contributed by atoms with Gasteiger partial charge in [0.05, 0.1) is 6.54 Å². The zero-order chi connectivity index (χ0) is 21.7. The van der Waals surface area contributed by atoms with E-state index >= 15 is 0 Å². The van der Waals surface area contributed by atoms with Crippen LogP contribution in [-0.2, 0) is 9.59 Å². The van der Waals surface area contributed by atoms with E-state index in [9.17, 15) is 14.4 Å². The molecule has 0 bridgehead atoms. The average Bonchev–Trinajstić information content (AvgIpc) is 2.61. The van der Waals surface area contributed by atoms with Gasteiger partial charge >= 0.3 is 5.97 Å². The van der Waals surface area contributed by atoms with Gasteiger partial charge in [-0.2, -0.15) is 0 Å². The molecule has 0 fully saturated rings. The number of carbonyl (C=O) groups excluding carboxylic acids is 2. The number of aryl methyl sites for hydroxylation is 5. The maximum atomic E-state index is 12.4. The number of hydrogen-bond acceptors (Lipinski definition) is 4. The standard InChI is InChI=1S/C22H26N2O5/c1-12-6-13(2)20(14(3)7-12)24-18(25)10-23-22(28)17-8-15(4)21(16(5)9-17)29-11-19(26)27/h6-9H,10-11H2,1-5H3,(H,23,28)(H,24,25)(H,26,27). The molecule has 3 N–H and O–H groups in total. The summed E-state index contributed by atoms with van der Waals surface area (Å²) in [5.74, 6) is -1.35. The first-order valence-electron chi connectivity index (χ1n) is 9.20. The summed E-state index contributed by atoms with van der Waals surface area (Å²) in [6.45, 7) is 8.69. The predicted octanol–water partition coefficient (Wildman–Crippen LogP) is 3.06. The van der Waals surface area contributed by atoms with Crippen LogP contribution in [0.5, 0.6) is 5.75 Å². The number of rotatable bonds is 7. The second-order valence-electron chi connectivity index (χ2n) is 7.13. The Kier molecular flexibility index (Phi) is 6.98. The van der Waals surface area contributed by atoms with E-state index in [1.54, 1.807) is 26.0 Å². The third-order valence-electron chi connectivity index (χ3n) is 4.41. The third-order valence-corrected chi connectivity index (χ3v) is 4.41. The fourth-order valence-electron chi connectivity index (χ4n) is 3.27. The lowest BCUT2D eigenvalue weighted by Crippen LogP contribution is -2.33. The molecule has 0 aliphatic rings. The monoisotopic (exact) mass is 398 g/mol. The number of carbonyl (C=O) groups is 3. The molecular weight excluding hydrogens is 372 g/mol. The molecule has 2 rings (SSSR count). The fraction of sp³-hybridized carbons (Fsp3) is 0.318. The number of carboxylic acids is 1. The molecular formula is C22H26N2O5. The second-order valence-corrected chi connectivity index (χ2v) is 7.13. The highest BCUT2D eigenvalue weighted by Crippen LogP contribution is 2.25.